The van der Waals surface area contributed by atoms with E-state index in [1.54, 1.807) is 42.0 Å². The van der Waals surface area contributed by atoms with E-state index in [4.69, 9.17) is 4.74 Å². The van der Waals surface area contributed by atoms with Gasteiger partial charge < -0.3 is 14.4 Å². The van der Waals surface area contributed by atoms with Crippen molar-refractivity contribution in [2.45, 2.75) is 0 Å². The van der Waals surface area contributed by atoms with Gasteiger partial charge in [0.2, 0.25) is 0 Å². The van der Waals surface area contributed by atoms with Crippen LogP contribution in [0.4, 0.5) is 0 Å². The molecule has 156 valence electrons. The molecule has 0 spiro atoms. The number of methoxy groups -OCH3 is 1. The van der Waals surface area contributed by atoms with E-state index >= 15 is 0 Å². The molecule has 0 atom stereocenters. The number of nitrogens with one attached hydrogen (secondary N) is 2. The van der Waals surface area contributed by atoms with E-state index in [9.17, 15) is 14.7 Å². The second-order valence-corrected chi connectivity index (χ2v) is 6.39. The number of benzene rings is 2. The summed E-state index contributed by atoms with van der Waals surface area (Å²) in [4.78, 5) is 28.8. The molecule has 0 radical (unpaired) electrons. The quantitative estimate of drug-likeness (QED) is 0.425. The number of para-hydroxylation sites is 3. The number of ether oxygens (including phenoxy) is 1. The normalized spacial score (nSPS) is 10.5. The SMILES string of the molecule is COc1ccccc1-n1cnc(C(=O)NNC(=O)c2nn(-c3ccccc3)cc2O)c1. The topological polar surface area (TPSA) is 123 Å². The van der Waals surface area contributed by atoms with Gasteiger partial charge in [-0.25, -0.2) is 9.67 Å². The van der Waals surface area contributed by atoms with Crippen molar-refractivity contribution in [1.29, 1.82) is 0 Å². The maximum Gasteiger partial charge on any atom is 0.294 e. The van der Waals surface area contributed by atoms with Gasteiger partial charge in [0.15, 0.2) is 11.4 Å². The molecule has 10 heteroatoms. The van der Waals surface area contributed by atoms with Gasteiger partial charge in [-0.3, -0.25) is 20.4 Å². The van der Waals surface area contributed by atoms with Crippen LogP contribution in [0.5, 0.6) is 11.5 Å². The molecular weight excluding hydrogens is 400 g/mol. The lowest BCUT2D eigenvalue weighted by Gasteiger charge is -2.08. The summed E-state index contributed by atoms with van der Waals surface area (Å²) in [5.74, 6) is -1.12. The Hall–Kier alpha value is -4.60. The Bertz CT molecular complexity index is 1230. The molecule has 0 saturated heterocycles. The van der Waals surface area contributed by atoms with Crippen molar-refractivity contribution < 1.29 is 19.4 Å². The minimum atomic E-state index is -0.773. The predicted molar refractivity (Wildman–Crippen MR) is 110 cm³/mol. The van der Waals surface area contributed by atoms with Gasteiger partial charge in [0.05, 0.1) is 24.7 Å². The molecule has 0 fully saturated rings. The van der Waals surface area contributed by atoms with Crippen LogP contribution in [0.25, 0.3) is 11.4 Å². The van der Waals surface area contributed by atoms with Gasteiger partial charge in [-0.05, 0) is 24.3 Å². The number of carbonyl (C=O) groups is 2. The van der Waals surface area contributed by atoms with Crippen LogP contribution in [0.2, 0.25) is 0 Å². The molecule has 2 aromatic heterocycles. The highest BCUT2D eigenvalue weighted by molar-refractivity contribution is 5.98. The van der Waals surface area contributed by atoms with Gasteiger partial charge in [-0.1, -0.05) is 30.3 Å². The first-order valence-electron chi connectivity index (χ1n) is 9.19. The molecule has 0 aliphatic rings. The van der Waals surface area contributed by atoms with Crippen LogP contribution in [0.3, 0.4) is 0 Å². The summed E-state index contributed by atoms with van der Waals surface area (Å²) in [6.45, 7) is 0. The van der Waals surface area contributed by atoms with Crippen molar-refractivity contribution in [1.82, 2.24) is 30.2 Å². The number of hydrazine groups is 1. The highest BCUT2D eigenvalue weighted by Crippen LogP contribution is 2.22. The molecule has 3 N–H and O–H groups in total. The number of hydrogen-bond acceptors (Lipinski definition) is 6. The summed E-state index contributed by atoms with van der Waals surface area (Å²) in [6, 6.07) is 16.3. The minimum absolute atomic E-state index is 0.0743. The molecule has 0 aliphatic heterocycles. The maximum atomic E-state index is 12.4. The Morgan fingerprint density at radius 3 is 2.45 bits per heavy atom. The first kappa shape index (κ1) is 19.7. The Balaban J connectivity index is 1.43. The lowest BCUT2D eigenvalue weighted by molar-refractivity contribution is 0.0839. The molecule has 2 aromatic carbocycles. The third-order valence-corrected chi connectivity index (χ3v) is 4.40. The Morgan fingerprint density at radius 1 is 0.968 bits per heavy atom. The number of rotatable bonds is 5. The van der Waals surface area contributed by atoms with Crippen molar-refractivity contribution in [3.8, 4) is 22.9 Å². The van der Waals surface area contributed by atoms with Crippen LogP contribution < -0.4 is 15.6 Å². The first-order valence-corrected chi connectivity index (χ1v) is 9.19. The van der Waals surface area contributed by atoms with Crippen LogP contribution in [0.15, 0.2) is 73.3 Å². The Morgan fingerprint density at radius 2 is 1.68 bits per heavy atom. The van der Waals surface area contributed by atoms with Gasteiger partial charge in [0.25, 0.3) is 11.8 Å². The fourth-order valence-electron chi connectivity index (χ4n) is 2.89. The molecule has 31 heavy (non-hydrogen) atoms. The number of carbonyl (C=O) groups excluding carboxylic acids is 2. The van der Waals surface area contributed by atoms with Crippen molar-refractivity contribution in [3.63, 3.8) is 0 Å². The molecule has 0 aliphatic carbocycles. The van der Waals surface area contributed by atoms with Gasteiger partial charge in [-0.15, -0.1) is 0 Å². The zero-order valence-electron chi connectivity index (χ0n) is 16.4. The zero-order valence-corrected chi connectivity index (χ0v) is 16.4. The molecule has 0 saturated carbocycles. The molecule has 4 aromatic rings. The number of aromatic nitrogens is 4. The number of nitrogens with zero attached hydrogens (tertiary/aromatic N) is 4. The maximum absolute atomic E-state index is 12.4. The first-order chi connectivity index (χ1) is 15.1. The Labute approximate surface area is 176 Å². The summed E-state index contributed by atoms with van der Waals surface area (Å²) < 4.78 is 8.29. The van der Waals surface area contributed by atoms with Crippen LogP contribution >= 0.6 is 0 Å². The largest absolute Gasteiger partial charge is 0.504 e. The minimum Gasteiger partial charge on any atom is -0.504 e. The lowest BCUT2D eigenvalue weighted by atomic mass is 10.3. The van der Waals surface area contributed by atoms with Crippen LogP contribution in [0, 0.1) is 0 Å². The molecule has 0 unspecified atom stereocenters. The van der Waals surface area contributed by atoms with Gasteiger partial charge in [0, 0.05) is 6.20 Å². The summed E-state index contributed by atoms with van der Waals surface area (Å²) in [5, 5.41) is 14.1. The van der Waals surface area contributed by atoms with Crippen LogP contribution in [-0.2, 0) is 0 Å². The van der Waals surface area contributed by atoms with E-state index in [0.717, 1.165) is 0 Å². The average Bonchev–Trinajstić information content (AvgIpc) is 3.45. The van der Waals surface area contributed by atoms with E-state index < -0.39 is 11.8 Å². The third kappa shape index (κ3) is 4.08. The van der Waals surface area contributed by atoms with E-state index in [0.29, 0.717) is 17.1 Å². The highest BCUT2D eigenvalue weighted by Gasteiger charge is 2.19. The summed E-state index contributed by atoms with van der Waals surface area (Å²) >= 11 is 0. The second-order valence-electron chi connectivity index (χ2n) is 6.39. The summed E-state index contributed by atoms with van der Waals surface area (Å²) in [6.07, 6.45) is 4.27. The van der Waals surface area contributed by atoms with E-state index in [-0.39, 0.29) is 17.1 Å². The summed E-state index contributed by atoms with van der Waals surface area (Å²) in [7, 11) is 1.55. The number of aromatic hydroxyl groups is 1. The molecule has 2 amide bonds. The lowest BCUT2D eigenvalue weighted by Crippen LogP contribution is -2.42. The fourth-order valence-corrected chi connectivity index (χ4v) is 2.89. The zero-order chi connectivity index (χ0) is 21.8. The van der Waals surface area contributed by atoms with Crippen LogP contribution in [0.1, 0.15) is 21.0 Å². The molecular formula is C21H18N6O4. The van der Waals surface area contributed by atoms with Crippen LogP contribution in [-0.4, -0.2) is 43.4 Å². The number of imidazole rings is 1. The van der Waals surface area contributed by atoms with E-state index in [1.807, 2.05) is 24.3 Å². The Kier molecular flexibility index (Phi) is 5.35. The fraction of sp³-hybridized carbons (Fsp3) is 0.0476. The standard InChI is InChI=1S/C21H18N6O4/c1-31-18-10-6-5-9-16(18)26-11-15(22-13-26)20(29)23-24-21(30)19-17(28)12-27(25-19)14-7-3-2-4-8-14/h2-13,28H,1H3,(H,23,29)(H,24,30). The number of hydrogen-bond donors (Lipinski definition) is 3. The van der Waals surface area contributed by atoms with Crippen molar-refractivity contribution in [3.05, 3.63) is 84.7 Å². The molecule has 0 bridgehead atoms. The van der Waals surface area contributed by atoms with Gasteiger partial charge >= 0.3 is 0 Å². The highest BCUT2D eigenvalue weighted by atomic mass is 16.5. The van der Waals surface area contributed by atoms with Crippen molar-refractivity contribution in [2.24, 2.45) is 0 Å². The third-order valence-electron chi connectivity index (χ3n) is 4.40. The van der Waals surface area contributed by atoms with Crippen molar-refractivity contribution >= 4 is 11.8 Å². The molecule has 10 nitrogen and oxygen atoms in total. The van der Waals surface area contributed by atoms with Gasteiger partial charge in [-0.2, -0.15) is 5.10 Å². The van der Waals surface area contributed by atoms with Crippen molar-refractivity contribution in [2.75, 3.05) is 7.11 Å². The molecule has 4 rings (SSSR count). The monoisotopic (exact) mass is 418 g/mol. The number of amides is 2. The van der Waals surface area contributed by atoms with E-state index in [1.165, 1.54) is 23.4 Å². The second kappa shape index (κ2) is 8.41. The average molecular weight is 418 g/mol. The van der Waals surface area contributed by atoms with E-state index in [2.05, 4.69) is 20.9 Å². The summed E-state index contributed by atoms with van der Waals surface area (Å²) in [5.41, 5.74) is 5.70. The molecule has 2 heterocycles. The predicted octanol–water partition coefficient (Wildman–Crippen LogP) is 1.85. The smallest absolute Gasteiger partial charge is 0.294 e. The van der Waals surface area contributed by atoms with Gasteiger partial charge in [0.1, 0.15) is 17.8 Å².